The van der Waals surface area contributed by atoms with Gasteiger partial charge in [-0.05, 0) is 43.1 Å². The Bertz CT molecular complexity index is 377. The van der Waals surface area contributed by atoms with Gasteiger partial charge in [-0.1, -0.05) is 15.9 Å². The number of rotatable bonds is 2. The van der Waals surface area contributed by atoms with Crippen molar-refractivity contribution in [2.24, 2.45) is 0 Å². The lowest BCUT2D eigenvalue weighted by atomic mass is 9.87. The maximum Gasteiger partial charge on any atom is 0.123 e. The zero-order valence-electron chi connectivity index (χ0n) is 8.97. The number of β-amino-alcohol motifs (C(OH)–C–C–N with tert-alkyl or cyclic N) is 1. The summed E-state index contributed by atoms with van der Waals surface area (Å²) in [4.78, 5) is 0. The molecule has 1 aromatic rings. The second-order valence-electron chi connectivity index (χ2n) is 4.42. The second-order valence-corrected chi connectivity index (χ2v) is 5.27. The van der Waals surface area contributed by atoms with Crippen LogP contribution in [-0.4, -0.2) is 23.8 Å². The van der Waals surface area contributed by atoms with E-state index >= 15 is 0 Å². The van der Waals surface area contributed by atoms with Crippen molar-refractivity contribution in [3.05, 3.63) is 34.1 Å². The summed E-state index contributed by atoms with van der Waals surface area (Å²) in [5.41, 5.74) is 0.0837. The summed E-state index contributed by atoms with van der Waals surface area (Å²) in [6, 6.07) is 4.58. The quantitative estimate of drug-likeness (QED) is 0.875. The van der Waals surface area contributed by atoms with Crippen LogP contribution in [0.4, 0.5) is 4.39 Å². The van der Waals surface area contributed by atoms with E-state index in [0.717, 1.165) is 29.4 Å². The molecule has 1 aromatic carbocycles. The standard InChI is InChI=1S/C12H15BrFNO/c13-11-3-2-10(14)6-9(11)7-12(16)4-1-5-15-8-12/h2-3,6,15-16H,1,4-5,7-8H2. The van der Waals surface area contributed by atoms with Crippen LogP contribution in [0.15, 0.2) is 22.7 Å². The van der Waals surface area contributed by atoms with E-state index in [1.165, 1.54) is 12.1 Å². The predicted octanol–water partition coefficient (Wildman–Crippen LogP) is 2.25. The molecule has 1 aliphatic heterocycles. The molecule has 16 heavy (non-hydrogen) atoms. The summed E-state index contributed by atoms with van der Waals surface area (Å²) < 4.78 is 14.0. The molecule has 88 valence electrons. The fourth-order valence-corrected chi connectivity index (χ4v) is 2.52. The maximum atomic E-state index is 13.1. The van der Waals surface area contributed by atoms with Crippen molar-refractivity contribution in [2.45, 2.75) is 24.9 Å². The van der Waals surface area contributed by atoms with Crippen molar-refractivity contribution in [3.63, 3.8) is 0 Å². The molecule has 0 aliphatic carbocycles. The normalized spacial score (nSPS) is 25.7. The molecule has 2 rings (SSSR count). The van der Waals surface area contributed by atoms with Crippen LogP contribution in [0.2, 0.25) is 0 Å². The zero-order chi connectivity index (χ0) is 11.6. The Balaban J connectivity index is 2.15. The van der Waals surface area contributed by atoms with Crippen molar-refractivity contribution in [3.8, 4) is 0 Å². The van der Waals surface area contributed by atoms with Crippen LogP contribution in [0.1, 0.15) is 18.4 Å². The van der Waals surface area contributed by atoms with Gasteiger partial charge in [-0.3, -0.25) is 0 Å². The lowest BCUT2D eigenvalue weighted by Crippen LogP contribution is -2.47. The molecule has 0 amide bonds. The molecular weight excluding hydrogens is 273 g/mol. The van der Waals surface area contributed by atoms with Crippen molar-refractivity contribution in [1.29, 1.82) is 0 Å². The molecule has 4 heteroatoms. The third-order valence-electron chi connectivity index (χ3n) is 2.98. The molecule has 0 bridgehead atoms. The molecule has 1 atom stereocenters. The van der Waals surface area contributed by atoms with Gasteiger partial charge in [-0.15, -0.1) is 0 Å². The van der Waals surface area contributed by atoms with Crippen LogP contribution in [0.5, 0.6) is 0 Å². The summed E-state index contributed by atoms with van der Waals surface area (Å²) in [6.45, 7) is 1.53. The molecule has 1 saturated heterocycles. The van der Waals surface area contributed by atoms with Crippen LogP contribution in [-0.2, 0) is 6.42 Å². The average molecular weight is 288 g/mol. The molecule has 0 spiro atoms. The number of piperidine rings is 1. The monoisotopic (exact) mass is 287 g/mol. The SMILES string of the molecule is OC1(Cc2cc(F)ccc2Br)CCCNC1. The van der Waals surface area contributed by atoms with E-state index in [0.29, 0.717) is 13.0 Å². The Hall–Kier alpha value is -0.450. The number of nitrogens with one attached hydrogen (secondary N) is 1. The predicted molar refractivity (Wildman–Crippen MR) is 64.9 cm³/mol. The second kappa shape index (κ2) is 4.82. The minimum atomic E-state index is -0.742. The Morgan fingerprint density at radius 2 is 2.31 bits per heavy atom. The number of halogens is 2. The summed E-state index contributed by atoms with van der Waals surface area (Å²) >= 11 is 3.38. The van der Waals surface area contributed by atoms with Gasteiger partial charge in [0, 0.05) is 17.4 Å². The largest absolute Gasteiger partial charge is 0.388 e. The minimum Gasteiger partial charge on any atom is -0.388 e. The van der Waals surface area contributed by atoms with Gasteiger partial charge in [0.1, 0.15) is 5.82 Å². The van der Waals surface area contributed by atoms with Gasteiger partial charge in [-0.2, -0.15) is 0 Å². The third-order valence-corrected chi connectivity index (χ3v) is 3.75. The Morgan fingerprint density at radius 3 is 3.00 bits per heavy atom. The van der Waals surface area contributed by atoms with Gasteiger partial charge < -0.3 is 10.4 Å². The summed E-state index contributed by atoms with van der Waals surface area (Å²) in [6.07, 6.45) is 2.21. The molecule has 2 N–H and O–H groups in total. The van der Waals surface area contributed by atoms with Crippen LogP contribution in [0.25, 0.3) is 0 Å². The summed E-state index contributed by atoms with van der Waals surface area (Å²) in [5.74, 6) is -0.259. The smallest absolute Gasteiger partial charge is 0.123 e. The Kier molecular flexibility index (Phi) is 3.62. The van der Waals surface area contributed by atoms with Crippen molar-refractivity contribution in [2.75, 3.05) is 13.1 Å². The highest BCUT2D eigenvalue weighted by Gasteiger charge is 2.29. The minimum absolute atomic E-state index is 0.259. The molecule has 1 aliphatic rings. The van der Waals surface area contributed by atoms with Crippen molar-refractivity contribution in [1.82, 2.24) is 5.32 Å². The van der Waals surface area contributed by atoms with Crippen LogP contribution in [0, 0.1) is 5.82 Å². The van der Waals surface area contributed by atoms with E-state index in [4.69, 9.17) is 0 Å². The first-order valence-electron chi connectivity index (χ1n) is 5.46. The molecule has 0 aromatic heterocycles. The highest BCUT2D eigenvalue weighted by molar-refractivity contribution is 9.10. The first kappa shape index (κ1) is 12.0. The topological polar surface area (TPSA) is 32.3 Å². The highest BCUT2D eigenvalue weighted by atomic mass is 79.9. The fraction of sp³-hybridized carbons (Fsp3) is 0.500. The first-order chi connectivity index (χ1) is 7.59. The van der Waals surface area contributed by atoms with Crippen molar-refractivity contribution < 1.29 is 9.50 Å². The summed E-state index contributed by atoms with van der Waals surface area (Å²) in [5, 5.41) is 13.5. The molecular formula is C12H15BrFNO. The molecule has 1 fully saturated rings. The van der Waals surface area contributed by atoms with Crippen LogP contribution < -0.4 is 5.32 Å². The van der Waals surface area contributed by atoms with Gasteiger partial charge in [0.05, 0.1) is 5.60 Å². The lowest BCUT2D eigenvalue weighted by molar-refractivity contribution is 0.0167. The van der Waals surface area contributed by atoms with E-state index < -0.39 is 5.60 Å². The van der Waals surface area contributed by atoms with Gasteiger partial charge >= 0.3 is 0 Å². The Morgan fingerprint density at radius 1 is 1.50 bits per heavy atom. The summed E-state index contributed by atoms with van der Waals surface area (Å²) in [7, 11) is 0. The number of hydrogen-bond acceptors (Lipinski definition) is 2. The highest BCUT2D eigenvalue weighted by Crippen LogP contribution is 2.26. The zero-order valence-corrected chi connectivity index (χ0v) is 10.6. The molecule has 1 unspecified atom stereocenters. The number of hydrogen-bond donors (Lipinski definition) is 2. The first-order valence-corrected chi connectivity index (χ1v) is 6.25. The maximum absolute atomic E-state index is 13.1. The van der Waals surface area contributed by atoms with E-state index in [1.54, 1.807) is 6.07 Å². The Labute approximate surface area is 103 Å². The van der Waals surface area contributed by atoms with Gasteiger partial charge in [0.25, 0.3) is 0 Å². The molecule has 2 nitrogen and oxygen atoms in total. The number of aliphatic hydroxyl groups is 1. The van der Waals surface area contributed by atoms with E-state index in [1.807, 2.05) is 0 Å². The molecule has 0 radical (unpaired) electrons. The lowest BCUT2D eigenvalue weighted by Gasteiger charge is -2.33. The van der Waals surface area contributed by atoms with Crippen molar-refractivity contribution >= 4 is 15.9 Å². The van der Waals surface area contributed by atoms with Gasteiger partial charge in [0.15, 0.2) is 0 Å². The number of benzene rings is 1. The van der Waals surface area contributed by atoms with Gasteiger partial charge in [-0.25, -0.2) is 4.39 Å². The van der Waals surface area contributed by atoms with Crippen LogP contribution in [0.3, 0.4) is 0 Å². The molecule has 0 saturated carbocycles. The van der Waals surface area contributed by atoms with Gasteiger partial charge in [0.2, 0.25) is 0 Å². The molecule has 1 heterocycles. The fourth-order valence-electron chi connectivity index (χ4n) is 2.14. The van der Waals surface area contributed by atoms with E-state index in [2.05, 4.69) is 21.2 Å². The van der Waals surface area contributed by atoms with E-state index in [9.17, 15) is 9.50 Å². The third kappa shape index (κ3) is 2.81. The van der Waals surface area contributed by atoms with E-state index in [-0.39, 0.29) is 5.82 Å². The van der Waals surface area contributed by atoms with Crippen LogP contribution >= 0.6 is 15.9 Å². The average Bonchev–Trinajstić information content (AvgIpc) is 2.24.